The smallest absolute Gasteiger partial charge is 0.416 e. The Bertz CT molecular complexity index is 1800. The van der Waals surface area contributed by atoms with Gasteiger partial charge in [-0.25, -0.2) is 19.1 Å². The Morgan fingerprint density at radius 1 is 1.02 bits per heavy atom. The van der Waals surface area contributed by atoms with Gasteiger partial charge in [-0.1, -0.05) is 29.8 Å². The van der Waals surface area contributed by atoms with Gasteiger partial charge in [0, 0.05) is 22.3 Å². The van der Waals surface area contributed by atoms with E-state index >= 15 is 0 Å². The molecule has 0 fully saturated rings. The van der Waals surface area contributed by atoms with Crippen LogP contribution in [0.5, 0.6) is 5.75 Å². The number of carbonyl (C=O) groups is 1. The van der Waals surface area contributed by atoms with Crippen molar-refractivity contribution in [3.05, 3.63) is 106 Å². The standard InChI is InChI=1S/C27H21ClF3N7O4/c28-17-10-8-16(9-11-17)24-35-37(26(42)36(24)13-22(40)27(29,30)31)14-23-32-15-38(34-23)21-7-2-1-6-20(21)25(41)33-18-4-3-5-19(39)12-18/h1-12,15,22,39-40H,13-14H2,(H,33,41)/t22-/m0/s1. The first-order chi connectivity index (χ1) is 20.0. The number of para-hydroxylation sites is 1. The van der Waals surface area contributed by atoms with Crippen LogP contribution < -0.4 is 11.0 Å². The topological polar surface area (TPSA) is 140 Å². The Labute approximate surface area is 240 Å². The molecule has 0 radical (unpaired) electrons. The van der Waals surface area contributed by atoms with Gasteiger partial charge in [0.15, 0.2) is 17.8 Å². The lowest BCUT2D eigenvalue weighted by atomic mass is 10.1. The Morgan fingerprint density at radius 2 is 1.76 bits per heavy atom. The molecule has 5 aromatic rings. The number of hydrogen-bond acceptors (Lipinski definition) is 7. The highest BCUT2D eigenvalue weighted by Crippen LogP contribution is 2.24. The first-order valence-electron chi connectivity index (χ1n) is 12.3. The highest BCUT2D eigenvalue weighted by Gasteiger charge is 2.39. The monoisotopic (exact) mass is 599 g/mol. The van der Waals surface area contributed by atoms with Crippen molar-refractivity contribution in [1.82, 2.24) is 29.1 Å². The molecular weight excluding hydrogens is 579 g/mol. The van der Waals surface area contributed by atoms with Gasteiger partial charge < -0.3 is 15.5 Å². The number of alkyl halides is 3. The number of phenols is 1. The maximum atomic E-state index is 13.1. The first kappa shape index (κ1) is 28.6. The van der Waals surface area contributed by atoms with Crippen LogP contribution in [0.2, 0.25) is 5.02 Å². The number of aliphatic hydroxyl groups excluding tert-OH is 1. The van der Waals surface area contributed by atoms with Gasteiger partial charge in [0.25, 0.3) is 5.91 Å². The Morgan fingerprint density at radius 3 is 2.48 bits per heavy atom. The number of aromatic hydroxyl groups is 1. The molecule has 0 aliphatic heterocycles. The molecule has 0 spiro atoms. The number of nitrogens with zero attached hydrogens (tertiary/aromatic N) is 6. The molecule has 216 valence electrons. The number of benzene rings is 3. The predicted octanol–water partition coefficient (Wildman–Crippen LogP) is 3.88. The van der Waals surface area contributed by atoms with Crippen molar-refractivity contribution in [3.8, 4) is 22.8 Å². The average molecular weight is 600 g/mol. The summed E-state index contributed by atoms with van der Waals surface area (Å²) >= 11 is 5.92. The number of nitrogens with one attached hydrogen (secondary N) is 1. The molecule has 3 aromatic carbocycles. The molecule has 0 bridgehead atoms. The lowest BCUT2D eigenvalue weighted by Gasteiger charge is -2.15. The van der Waals surface area contributed by atoms with Crippen molar-refractivity contribution in [2.24, 2.45) is 0 Å². The third kappa shape index (κ3) is 6.19. The summed E-state index contributed by atoms with van der Waals surface area (Å²) in [7, 11) is 0. The largest absolute Gasteiger partial charge is 0.508 e. The van der Waals surface area contributed by atoms with E-state index in [1.807, 2.05) is 0 Å². The van der Waals surface area contributed by atoms with Gasteiger partial charge in [0.05, 0.1) is 17.8 Å². The van der Waals surface area contributed by atoms with E-state index in [1.165, 1.54) is 47.4 Å². The zero-order valence-electron chi connectivity index (χ0n) is 21.4. The highest BCUT2D eigenvalue weighted by molar-refractivity contribution is 6.30. The van der Waals surface area contributed by atoms with E-state index in [0.717, 1.165) is 9.25 Å². The SMILES string of the molecule is O=C(Nc1cccc(O)c1)c1ccccc1-n1cnc(Cn2nc(-c3ccc(Cl)cc3)n(C[C@H](O)C(F)(F)F)c2=O)n1. The fourth-order valence-electron chi connectivity index (χ4n) is 4.06. The Balaban J connectivity index is 1.44. The highest BCUT2D eigenvalue weighted by atomic mass is 35.5. The number of hydrogen-bond donors (Lipinski definition) is 3. The van der Waals surface area contributed by atoms with Crippen LogP contribution in [0.1, 0.15) is 16.2 Å². The summed E-state index contributed by atoms with van der Waals surface area (Å²) in [6.07, 6.45) is -6.45. The van der Waals surface area contributed by atoms with E-state index in [0.29, 0.717) is 22.0 Å². The van der Waals surface area contributed by atoms with Crippen LogP contribution in [0.3, 0.4) is 0 Å². The van der Waals surface area contributed by atoms with Gasteiger partial charge in [-0.05, 0) is 48.5 Å². The van der Waals surface area contributed by atoms with Gasteiger partial charge in [-0.15, -0.1) is 10.2 Å². The second kappa shape index (κ2) is 11.5. The van der Waals surface area contributed by atoms with Crippen molar-refractivity contribution < 1.29 is 28.2 Å². The van der Waals surface area contributed by atoms with Gasteiger partial charge in [-0.3, -0.25) is 9.36 Å². The van der Waals surface area contributed by atoms with Crippen LogP contribution in [0.25, 0.3) is 17.1 Å². The first-order valence-corrected chi connectivity index (χ1v) is 12.7. The van der Waals surface area contributed by atoms with Crippen molar-refractivity contribution in [2.45, 2.75) is 25.4 Å². The molecule has 1 atom stereocenters. The summed E-state index contributed by atoms with van der Waals surface area (Å²) < 4.78 is 42.3. The number of carbonyl (C=O) groups excluding carboxylic acids is 1. The molecule has 2 aromatic heterocycles. The second-order valence-corrected chi connectivity index (χ2v) is 9.50. The number of amides is 1. The summed E-state index contributed by atoms with van der Waals surface area (Å²) in [5.74, 6) is -0.553. The molecule has 1 amide bonds. The molecule has 0 aliphatic rings. The van der Waals surface area contributed by atoms with E-state index < -0.39 is 30.4 Å². The zero-order chi connectivity index (χ0) is 30.0. The second-order valence-electron chi connectivity index (χ2n) is 9.07. The summed E-state index contributed by atoms with van der Waals surface area (Å²) in [5.41, 5.74) is 0.322. The summed E-state index contributed by atoms with van der Waals surface area (Å²) in [4.78, 5) is 30.3. The number of rotatable bonds is 8. The minimum atomic E-state index is -4.96. The van der Waals surface area contributed by atoms with E-state index in [1.54, 1.807) is 36.4 Å². The lowest BCUT2D eigenvalue weighted by Crippen LogP contribution is -2.37. The quantitative estimate of drug-likeness (QED) is 0.246. The maximum Gasteiger partial charge on any atom is 0.416 e. The van der Waals surface area contributed by atoms with Crippen molar-refractivity contribution in [1.29, 1.82) is 0 Å². The van der Waals surface area contributed by atoms with Crippen LogP contribution in [0.4, 0.5) is 18.9 Å². The van der Waals surface area contributed by atoms with Crippen molar-refractivity contribution >= 4 is 23.2 Å². The molecular formula is C27H21ClF3N7O4. The number of anilines is 1. The molecule has 0 saturated heterocycles. The molecule has 0 saturated carbocycles. The molecule has 15 heteroatoms. The summed E-state index contributed by atoms with van der Waals surface area (Å²) in [6, 6.07) is 18.5. The lowest BCUT2D eigenvalue weighted by molar-refractivity contribution is -0.207. The van der Waals surface area contributed by atoms with Crippen LogP contribution in [0.15, 0.2) is 83.9 Å². The third-order valence-electron chi connectivity index (χ3n) is 6.09. The maximum absolute atomic E-state index is 13.1. The summed E-state index contributed by atoms with van der Waals surface area (Å²) in [5, 5.41) is 30.9. The zero-order valence-corrected chi connectivity index (χ0v) is 22.2. The average Bonchev–Trinajstić information content (AvgIpc) is 3.53. The molecule has 3 N–H and O–H groups in total. The Hall–Kier alpha value is -4.95. The van der Waals surface area contributed by atoms with Gasteiger partial charge >= 0.3 is 11.9 Å². The normalized spacial score (nSPS) is 12.3. The van der Waals surface area contributed by atoms with Gasteiger partial charge in [-0.2, -0.15) is 13.2 Å². The minimum absolute atomic E-state index is 0.0215. The predicted molar refractivity (Wildman–Crippen MR) is 146 cm³/mol. The van der Waals surface area contributed by atoms with E-state index in [2.05, 4.69) is 20.5 Å². The third-order valence-corrected chi connectivity index (χ3v) is 6.34. The van der Waals surface area contributed by atoms with Crippen LogP contribution >= 0.6 is 11.6 Å². The van der Waals surface area contributed by atoms with E-state index in [4.69, 9.17) is 11.6 Å². The number of phenolic OH excluding ortho intramolecular Hbond substituents is 1. The fourth-order valence-corrected chi connectivity index (χ4v) is 4.19. The molecule has 2 heterocycles. The van der Waals surface area contributed by atoms with E-state index in [-0.39, 0.29) is 29.5 Å². The molecule has 5 rings (SSSR count). The Kier molecular flexibility index (Phi) is 7.83. The molecule has 0 aliphatic carbocycles. The molecule has 11 nitrogen and oxygen atoms in total. The van der Waals surface area contributed by atoms with Crippen molar-refractivity contribution in [3.63, 3.8) is 0 Å². The number of halogens is 4. The molecule has 0 unspecified atom stereocenters. The van der Waals surface area contributed by atoms with Crippen LogP contribution in [0, 0.1) is 0 Å². The number of aromatic nitrogens is 6. The minimum Gasteiger partial charge on any atom is -0.508 e. The fraction of sp³-hybridized carbons (Fsp3) is 0.148. The van der Waals surface area contributed by atoms with Gasteiger partial charge in [0.1, 0.15) is 18.6 Å². The number of aliphatic hydroxyl groups is 1. The van der Waals surface area contributed by atoms with Crippen LogP contribution in [-0.2, 0) is 13.1 Å². The van der Waals surface area contributed by atoms with E-state index in [9.17, 15) is 33.0 Å². The van der Waals surface area contributed by atoms with Gasteiger partial charge in [0.2, 0.25) is 0 Å². The summed E-state index contributed by atoms with van der Waals surface area (Å²) in [6.45, 7) is -1.40. The van der Waals surface area contributed by atoms with Crippen molar-refractivity contribution in [2.75, 3.05) is 5.32 Å². The van der Waals surface area contributed by atoms with Crippen LogP contribution in [-0.4, -0.2) is 57.5 Å². The molecule has 42 heavy (non-hydrogen) atoms.